The largest absolute Gasteiger partial charge is 0.478 e. The lowest BCUT2D eigenvalue weighted by atomic mass is 10.2. The van der Waals surface area contributed by atoms with Crippen LogP contribution in [0.2, 0.25) is 0 Å². The Morgan fingerprint density at radius 1 is 1.47 bits per heavy atom. The van der Waals surface area contributed by atoms with Crippen LogP contribution in [0.5, 0.6) is 0 Å². The summed E-state index contributed by atoms with van der Waals surface area (Å²) >= 11 is 3.32. The topological polar surface area (TPSA) is 55.1 Å². The van der Waals surface area contributed by atoms with Gasteiger partial charge in [-0.25, -0.2) is 9.78 Å². The maximum atomic E-state index is 11.0. The number of hydrogen-bond acceptors (Lipinski definition) is 2. The Morgan fingerprint density at radius 3 is 2.88 bits per heavy atom. The number of imidazole rings is 1. The van der Waals surface area contributed by atoms with Crippen LogP contribution in [-0.4, -0.2) is 20.6 Å². The summed E-state index contributed by atoms with van der Waals surface area (Å²) in [4.78, 5) is 15.2. The third-order valence-corrected chi connectivity index (χ3v) is 2.90. The van der Waals surface area contributed by atoms with Crippen LogP contribution in [0.15, 0.2) is 35.1 Å². The maximum absolute atomic E-state index is 11.0. The number of nitrogens with zero attached hydrogens (tertiary/aromatic N) is 2. The van der Waals surface area contributed by atoms with E-state index < -0.39 is 5.97 Å². The van der Waals surface area contributed by atoms with E-state index in [1.165, 1.54) is 0 Å². The normalized spacial score (nSPS) is 10.5. The molecule has 5 heteroatoms. The molecule has 1 N–H and O–H groups in total. The lowest BCUT2D eigenvalue weighted by Gasteiger charge is -2.08. The van der Waals surface area contributed by atoms with E-state index in [1.807, 2.05) is 23.8 Å². The first kappa shape index (κ1) is 11.9. The molecule has 0 radical (unpaired) electrons. The van der Waals surface area contributed by atoms with Crippen LogP contribution in [0, 0.1) is 0 Å². The molecule has 1 aromatic heterocycles. The molecule has 88 valence electrons. The van der Waals surface area contributed by atoms with Gasteiger partial charge < -0.3 is 9.67 Å². The van der Waals surface area contributed by atoms with Gasteiger partial charge in [-0.3, -0.25) is 0 Å². The van der Waals surface area contributed by atoms with E-state index in [-0.39, 0.29) is 5.56 Å². The molecule has 0 aliphatic rings. The second-order valence-electron chi connectivity index (χ2n) is 3.57. The van der Waals surface area contributed by atoms with Crippen LogP contribution in [0.3, 0.4) is 0 Å². The number of aromatic carboxylic acids is 1. The lowest BCUT2D eigenvalue weighted by molar-refractivity contribution is 0.0697. The highest BCUT2D eigenvalue weighted by molar-refractivity contribution is 9.10. The van der Waals surface area contributed by atoms with Gasteiger partial charge in [-0.1, -0.05) is 22.9 Å². The van der Waals surface area contributed by atoms with Crippen molar-refractivity contribution in [2.45, 2.75) is 13.3 Å². The minimum Gasteiger partial charge on any atom is -0.478 e. The number of benzene rings is 1. The molecule has 0 aliphatic carbocycles. The van der Waals surface area contributed by atoms with Crippen LogP contribution in [-0.2, 0) is 6.42 Å². The second kappa shape index (κ2) is 4.71. The predicted molar refractivity (Wildman–Crippen MR) is 67.6 cm³/mol. The van der Waals surface area contributed by atoms with Crippen molar-refractivity contribution in [1.29, 1.82) is 0 Å². The Labute approximate surface area is 107 Å². The first-order chi connectivity index (χ1) is 8.11. The van der Waals surface area contributed by atoms with Gasteiger partial charge in [0, 0.05) is 29.0 Å². The standard InChI is InChI=1S/C12H11BrN2O2/c1-2-11-14-3-4-15(11)10-6-8(12(16)17)5-9(13)7-10/h3-7H,2H2,1H3,(H,16,17). The second-order valence-corrected chi connectivity index (χ2v) is 4.49. The van der Waals surface area contributed by atoms with E-state index in [4.69, 9.17) is 5.11 Å². The van der Waals surface area contributed by atoms with E-state index in [2.05, 4.69) is 20.9 Å². The lowest BCUT2D eigenvalue weighted by Crippen LogP contribution is -2.02. The fourth-order valence-corrected chi connectivity index (χ4v) is 2.15. The quantitative estimate of drug-likeness (QED) is 0.947. The van der Waals surface area contributed by atoms with Crippen LogP contribution < -0.4 is 0 Å². The first-order valence-electron chi connectivity index (χ1n) is 5.18. The van der Waals surface area contributed by atoms with E-state index in [0.29, 0.717) is 0 Å². The Balaban J connectivity index is 2.56. The zero-order chi connectivity index (χ0) is 12.4. The van der Waals surface area contributed by atoms with Gasteiger partial charge in [-0.15, -0.1) is 0 Å². The smallest absolute Gasteiger partial charge is 0.335 e. The average Bonchev–Trinajstić information content (AvgIpc) is 2.76. The number of aromatic nitrogens is 2. The summed E-state index contributed by atoms with van der Waals surface area (Å²) in [5, 5.41) is 9.01. The average molecular weight is 295 g/mol. The van der Waals surface area contributed by atoms with Gasteiger partial charge in [0.25, 0.3) is 0 Å². The van der Waals surface area contributed by atoms with Crippen molar-refractivity contribution >= 4 is 21.9 Å². The molecule has 0 spiro atoms. The molecule has 4 nitrogen and oxygen atoms in total. The number of rotatable bonds is 3. The zero-order valence-corrected chi connectivity index (χ0v) is 10.8. The molecule has 2 aromatic rings. The molecule has 0 amide bonds. The molecule has 2 rings (SSSR count). The van der Waals surface area contributed by atoms with E-state index in [1.54, 1.807) is 18.3 Å². The molecule has 1 aromatic carbocycles. The van der Waals surface area contributed by atoms with Crippen molar-refractivity contribution in [3.8, 4) is 5.69 Å². The van der Waals surface area contributed by atoms with Gasteiger partial charge in [-0.2, -0.15) is 0 Å². The number of hydrogen-bond donors (Lipinski definition) is 1. The van der Waals surface area contributed by atoms with Crippen molar-refractivity contribution in [3.05, 3.63) is 46.5 Å². The Bertz CT molecular complexity index is 563. The molecule has 0 unspecified atom stereocenters. The summed E-state index contributed by atoms with van der Waals surface area (Å²) in [6.45, 7) is 2.01. The summed E-state index contributed by atoms with van der Waals surface area (Å²) in [6.07, 6.45) is 4.33. The molecule has 0 aliphatic heterocycles. The monoisotopic (exact) mass is 294 g/mol. The minimum atomic E-state index is -0.939. The van der Waals surface area contributed by atoms with Crippen LogP contribution in [0.1, 0.15) is 23.1 Å². The van der Waals surface area contributed by atoms with Crippen LogP contribution in [0.4, 0.5) is 0 Å². The maximum Gasteiger partial charge on any atom is 0.335 e. The molecule has 17 heavy (non-hydrogen) atoms. The third kappa shape index (κ3) is 2.39. The number of carboxylic acids is 1. The van der Waals surface area contributed by atoms with Crippen molar-refractivity contribution < 1.29 is 9.90 Å². The predicted octanol–water partition coefficient (Wildman–Crippen LogP) is 2.90. The van der Waals surface area contributed by atoms with Crippen molar-refractivity contribution in [1.82, 2.24) is 9.55 Å². The fraction of sp³-hybridized carbons (Fsp3) is 0.167. The Morgan fingerprint density at radius 2 is 2.24 bits per heavy atom. The Hall–Kier alpha value is -1.62. The van der Waals surface area contributed by atoms with Gasteiger partial charge in [0.1, 0.15) is 5.82 Å². The molecule has 0 saturated heterocycles. The van der Waals surface area contributed by atoms with Gasteiger partial charge in [0.05, 0.1) is 5.56 Å². The van der Waals surface area contributed by atoms with E-state index >= 15 is 0 Å². The SMILES string of the molecule is CCc1nccn1-c1cc(Br)cc(C(=O)O)c1. The zero-order valence-electron chi connectivity index (χ0n) is 9.22. The summed E-state index contributed by atoms with van der Waals surface area (Å²) < 4.78 is 2.63. The summed E-state index contributed by atoms with van der Waals surface area (Å²) in [5.74, 6) is -0.0369. The molecular formula is C12H11BrN2O2. The number of carbonyl (C=O) groups is 1. The van der Waals surface area contributed by atoms with Crippen molar-refractivity contribution in [2.75, 3.05) is 0 Å². The van der Waals surface area contributed by atoms with Gasteiger partial charge in [0.15, 0.2) is 0 Å². The van der Waals surface area contributed by atoms with E-state index in [9.17, 15) is 4.79 Å². The van der Waals surface area contributed by atoms with Gasteiger partial charge in [-0.05, 0) is 18.2 Å². The van der Waals surface area contributed by atoms with Crippen LogP contribution in [0.25, 0.3) is 5.69 Å². The molecule has 0 atom stereocenters. The molecule has 1 heterocycles. The molecule has 0 fully saturated rings. The highest BCUT2D eigenvalue weighted by Crippen LogP contribution is 2.20. The Kier molecular flexibility index (Phi) is 3.28. The summed E-state index contributed by atoms with van der Waals surface area (Å²) in [6, 6.07) is 5.08. The minimum absolute atomic E-state index is 0.255. The number of carboxylic acid groups (broad SMARTS) is 1. The third-order valence-electron chi connectivity index (χ3n) is 2.44. The molecule has 0 bridgehead atoms. The highest BCUT2D eigenvalue weighted by atomic mass is 79.9. The summed E-state index contributed by atoms with van der Waals surface area (Å²) in [7, 11) is 0. The van der Waals surface area contributed by atoms with Gasteiger partial charge >= 0.3 is 5.97 Å². The number of aryl methyl sites for hydroxylation is 1. The summed E-state index contributed by atoms with van der Waals surface area (Å²) in [5.41, 5.74) is 1.05. The van der Waals surface area contributed by atoms with Gasteiger partial charge in [0.2, 0.25) is 0 Å². The highest BCUT2D eigenvalue weighted by Gasteiger charge is 2.09. The van der Waals surface area contributed by atoms with Crippen molar-refractivity contribution in [3.63, 3.8) is 0 Å². The van der Waals surface area contributed by atoms with E-state index in [0.717, 1.165) is 22.4 Å². The number of halogens is 1. The van der Waals surface area contributed by atoms with Crippen LogP contribution >= 0.6 is 15.9 Å². The molecule has 0 saturated carbocycles. The van der Waals surface area contributed by atoms with Crippen molar-refractivity contribution in [2.24, 2.45) is 0 Å². The first-order valence-corrected chi connectivity index (χ1v) is 5.97. The fourth-order valence-electron chi connectivity index (χ4n) is 1.67. The molecular weight excluding hydrogens is 284 g/mol.